The largest absolute Gasteiger partial charge is 0.319 e. The number of para-hydroxylation sites is 2. The fraction of sp³-hybridized carbons (Fsp3) is 0. The van der Waals surface area contributed by atoms with E-state index in [0.717, 1.165) is 11.4 Å². The molecule has 0 aliphatic rings. The zero-order chi connectivity index (χ0) is 13.1. The van der Waals surface area contributed by atoms with E-state index in [1.807, 2.05) is 46.5 Å². The van der Waals surface area contributed by atoms with Crippen molar-refractivity contribution in [1.82, 2.24) is 9.55 Å². The first kappa shape index (κ1) is 11.7. The highest BCUT2D eigenvalue weighted by Crippen LogP contribution is 2.21. The van der Waals surface area contributed by atoms with Crippen molar-refractivity contribution >= 4 is 22.9 Å². The summed E-state index contributed by atoms with van der Waals surface area (Å²) in [6.07, 6.45) is 5.25. The molecule has 0 saturated carbocycles. The molecule has 0 fully saturated rings. The van der Waals surface area contributed by atoms with Gasteiger partial charge < -0.3 is 9.88 Å². The summed E-state index contributed by atoms with van der Waals surface area (Å²) in [6.45, 7) is 0. The van der Waals surface area contributed by atoms with Crippen molar-refractivity contribution in [2.75, 3.05) is 5.32 Å². The molecular weight excluding hydrogens is 258 g/mol. The molecule has 5 heteroatoms. The van der Waals surface area contributed by atoms with Crippen LogP contribution in [-0.4, -0.2) is 15.5 Å². The van der Waals surface area contributed by atoms with E-state index in [4.69, 9.17) is 0 Å². The molecule has 0 spiro atoms. The van der Waals surface area contributed by atoms with Gasteiger partial charge in [0.25, 0.3) is 5.91 Å². The van der Waals surface area contributed by atoms with E-state index in [-0.39, 0.29) is 5.91 Å². The van der Waals surface area contributed by atoms with Crippen molar-refractivity contribution in [3.8, 4) is 5.69 Å². The summed E-state index contributed by atoms with van der Waals surface area (Å²) in [4.78, 5) is 16.8. The van der Waals surface area contributed by atoms with E-state index in [1.165, 1.54) is 11.3 Å². The van der Waals surface area contributed by atoms with E-state index < -0.39 is 0 Å². The highest BCUT2D eigenvalue weighted by molar-refractivity contribution is 7.12. The average molecular weight is 269 g/mol. The first-order valence-electron chi connectivity index (χ1n) is 5.77. The number of nitrogens with one attached hydrogen (secondary N) is 1. The molecule has 0 unspecified atom stereocenters. The van der Waals surface area contributed by atoms with Gasteiger partial charge in [-0.15, -0.1) is 11.3 Å². The van der Waals surface area contributed by atoms with E-state index in [2.05, 4.69) is 10.3 Å². The molecule has 2 heterocycles. The first-order chi connectivity index (χ1) is 9.34. The molecule has 94 valence electrons. The number of imidazole rings is 1. The van der Waals surface area contributed by atoms with Gasteiger partial charge in [0.2, 0.25) is 0 Å². The maximum absolute atomic E-state index is 12.1. The number of hydrogen-bond acceptors (Lipinski definition) is 3. The Balaban J connectivity index is 1.92. The zero-order valence-corrected chi connectivity index (χ0v) is 10.8. The van der Waals surface area contributed by atoms with E-state index in [0.29, 0.717) is 4.88 Å². The second-order valence-electron chi connectivity index (χ2n) is 3.92. The van der Waals surface area contributed by atoms with Gasteiger partial charge >= 0.3 is 0 Å². The number of carbonyl (C=O) groups excluding carboxylic acids is 1. The maximum Gasteiger partial charge on any atom is 0.265 e. The average Bonchev–Trinajstić information content (AvgIpc) is 3.13. The number of amides is 1. The lowest BCUT2D eigenvalue weighted by atomic mass is 10.2. The predicted octanol–water partition coefficient (Wildman–Crippen LogP) is 3.19. The fourth-order valence-electron chi connectivity index (χ4n) is 1.80. The van der Waals surface area contributed by atoms with Gasteiger partial charge in [-0.25, -0.2) is 4.98 Å². The van der Waals surface area contributed by atoms with Crippen LogP contribution in [0.2, 0.25) is 0 Å². The summed E-state index contributed by atoms with van der Waals surface area (Å²) in [7, 11) is 0. The van der Waals surface area contributed by atoms with Crippen molar-refractivity contribution in [2.24, 2.45) is 0 Å². The number of hydrogen-bond donors (Lipinski definition) is 1. The minimum absolute atomic E-state index is 0.0948. The van der Waals surface area contributed by atoms with E-state index >= 15 is 0 Å². The molecule has 1 aromatic carbocycles. The van der Waals surface area contributed by atoms with Crippen LogP contribution in [0.5, 0.6) is 0 Å². The van der Waals surface area contributed by atoms with Gasteiger partial charge in [-0.2, -0.15) is 0 Å². The Kier molecular flexibility index (Phi) is 3.12. The summed E-state index contributed by atoms with van der Waals surface area (Å²) in [5.74, 6) is -0.0948. The first-order valence-corrected chi connectivity index (χ1v) is 6.65. The van der Waals surface area contributed by atoms with Crippen LogP contribution >= 0.6 is 11.3 Å². The number of carbonyl (C=O) groups is 1. The topological polar surface area (TPSA) is 46.9 Å². The van der Waals surface area contributed by atoms with E-state index in [9.17, 15) is 4.79 Å². The smallest absolute Gasteiger partial charge is 0.265 e. The normalized spacial score (nSPS) is 10.3. The molecule has 2 aromatic heterocycles. The van der Waals surface area contributed by atoms with Crippen LogP contribution in [0, 0.1) is 0 Å². The number of thiophene rings is 1. The molecule has 0 aliphatic heterocycles. The lowest BCUT2D eigenvalue weighted by molar-refractivity contribution is 0.103. The predicted molar refractivity (Wildman–Crippen MR) is 75.8 cm³/mol. The Morgan fingerprint density at radius 1 is 1.21 bits per heavy atom. The van der Waals surface area contributed by atoms with E-state index in [1.54, 1.807) is 18.6 Å². The number of benzene rings is 1. The third-order valence-electron chi connectivity index (χ3n) is 2.68. The second kappa shape index (κ2) is 5.07. The summed E-state index contributed by atoms with van der Waals surface area (Å²) in [5.41, 5.74) is 1.66. The quantitative estimate of drug-likeness (QED) is 0.793. The van der Waals surface area contributed by atoms with Crippen molar-refractivity contribution in [2.45, 2.75) is 0 Å². The van der Waals surface area contributed by atoms with Crippen molar-refractivity contribution in [1.29, 1.82) is 0 Å². The molecule has 3 aromatic rings. The van der Waals surface area contributed by atoms with Gasteiger partial charge in [-0.1, -0.05) is 18.2 Å². The number of aromatic nitrogens is 2. The van der Waals surface area contributed by atoms with Crippen LogP contribution in [0.1, 0.15) is 9.67 Å². The number of anilines is 1. The molecule has 3 rings (SSSR count). The van der Waals surface area contributed by atoms with Crippen molar-refractivity contribution < 1.29 is 4.79 Å². The van der Waals surface area contributed by atoms with Crippen molar-refractivity contribution in [3.63, 3.8) is 0 Å². The Labute approximate surface area is 114 Å². The summed E-state index contributed by atoms with van der Waals surface area (Å²) in [5, 5.41) is 4.81. The van der Waals surface area contributed by atoms with Gasteiger partial charge in [0.1, 0.15) is 0 Å². The standard InChI is InChI=1S/C14H11N3OS/c18-14(13-6-3-9-19-13)16-11-4-1-2-5-12(11)17-8-7-15-10-17/h1-10H,(H,16,18). The number of rotatable bonds is 3. The molecule has 0 saturated heterocycles. The van der Waals surface area contributed by atoms with Crippen LogP contribution in [0.15, 0.2) is 60.5 Å². The lowest BCUT2D eigenvalue weighted by Gasteiger charge is -2.10. The molecule has 1 N–H and O–H groups in total. The third kappa shape index (κ3) is 2.41. The van der Waals surface area contributed by atoms with Crippen LogP contribution in [0.3, 0.4) is 0 Å². The van der Waals surface area contributed by atoms with Crippen LogP contribution < -0.4 is 5.32 Å². The highest BCUT2D eigenvalue weighted by atomic mass is 32.1. The minimum Gasteiger partial charge on any atom is -0.319 e. The second-order valence-corrected chi connectivity index (χ2v) is 4.87. The zero-order valence-electron chi connectivity index (χ0n) is 9.98. The molecule has 0 atom stereocenters. The van der Waals surface area contributed by atoms with Crippen LogP contribution in [0.25, 0.3) is 5.69 Å². The molecular formula is C14H11N3OS. The molecule has 4 nitrogen and oxygen atoms in total. The Morgan fingerprint density at radius 3 is 2.84 bits per heavy atom. The Bertz CT molecular complexity index is 675. The monoisotopic (exact) mass is 269 g/mol. The summed E-state index contributed by atoms with van der Waals surface area (Å²) >= 11 is 1.42. The van der Waals surface area contributed by atoms with Crippen LogP contribution in [0.4, 0.5) is 5.69 Å². The fourth-order valence-corrected chi connectivity index (χ4v) is 2.42. The SMILES string of the molecule is O=C(Nc1ccccc1-n1ccnc1)c1cccs1. The highest BCUT2D eigenvalue weighted by Gasteiger charge is 2.10. The minimum atomic E-state index is -0.0948. The Morgan fingerprint density at radius 2 is 2.11 bits per heavy atom. The molecule has 19 heavy (non-hydrogen) atoms. The number of nitrogens with zero attached hydrogens (tertiary/aromatic N) is 2. The van der Waals surface area contributed by atoms with Crippen LogP contribution in [-0.2, 0) is 0 Å². The van der Waals surface area contributed by atoms with Gasteiger partial charge in [0, 0.05) is 12.4 Å². The molecule has 0 aliphatic carbocycles. The summed E-state index contributed by atoms with van der Waals surface area (Å²) in [6, 6.07) is 11.3. The molecule has 1 amide bonds. The lowest BCUT2D eigenvalue weighted by Crippen LogP contribution is -2.12. The van der Waals surface area contributed by atoms with Gasteiger partial charge in [-0.3, -0.25) is 4.79 Å². The Hall–Kier alpha value is -2.40. The van der Waals surface area contributed by atoms with Crippen molar-refractivity contribution in [3.05, 3.63) is 65.4 Å². The molecule has 0 radical (unpaired) electrons. The van der Waals surface area contributed by atoms with Gasteiger partial charge in [0.05, 0.1) is 22.6 Å². The third-order valence-corrected chi connectivity index (χ3v) is 3.55. The molecule has 0 bridgehead atoms. The van der Waals surface area contributed by atoms with Gasteiger partial charge in [0.15, 0.2) is 0 Å². The maximum atomic E-state index is 12.1. The summed E-state index contributed by atoms with van der Waals surface area (Å²) < 4.78 is 1.87. The van der Waals surface area contributed by atoms with Gasteiger partial charge in [-0.05, 0) is 23.6 Å².